The number of piperazine rings is 1. The normalized spacial score (nSPS) is 15.3. The summed E-state index contributed by atoms with van der Waals surface area (Å²) in [5.74, 6) is 0.511. The third kappa shape index (κ3) is 4.01. The van der Waals surface area contributed by atoms with Crippen LogP contribution in [-0.2, 0) is 0 Å². The van der Waals surface area contributed by atoms with Crippen LogP contribution in [0.5, 0.6) is 0 Å². The van der Waals surface area contributed by atoms with Gasteiger partial charge in [-0.3, -0.25) is 4.79 Å². The van der Waals surface area contributed by atoms with E-state index in [-0.39, 0.29) is 5.91 Å². The molecule has 1 aromatic heterocycles. The van der Waals surface area contributed by atoms with Gasteiger partial charge in [0, 0.05) is 36.9 Å². The van der Waals surface area contributed by atoms with E-state index in [1.807, 2.05) is 17.0 Å². The highest BCUT2D eigenvalue weighted by atomic mass is 35.5. The first-order valence-corrected chi connectivity index (χ1v) is 8.40. The first-order chi connectivity index (χ1) is 11.7. The van der Waals surface area contributed by atoms with Gasteiger partial charge in [-0.25, -0.2) is 9.97 Å². The van der Waals surface area contributed by atoms with Gasteiger partial charge in [0.2, 0.25) is 0 Å². The number of nitrogens with one attached hydrogen (secondary N) is 1. The van der Waals surface area contributed by atoms with Crippen LogP contribution in [0.1, 0.15) is 17.4 Å². The van der Waals surface area contributed by atoms with Crippen molar-refractivity contribution >= 4 is 29.0 Å². The summed E-state index contributed by atoms with van der Waals surface area (Å²) in [6.45, 7) is 6.43. The van der Waals surface area contributed by atoms with Crippen molar-refractivity contribution in [2.24, 2.45) is 0 Å². The molecule has 126 valence electrons. The molecule has 2 heterocycles. The van der Waals surface area contributed by atoms with Crippen molar-refractivity contribution in [2.75, 3.05) is 38.0 Å². The minimum absolute atomic E-state index is 0.0624. The van der Waals surface area contributed by atoms with Crippen molar-refractivity contribution in [3.63, 3.8) is 0 Å². The van der Waals surface area contributed by atoms with E-state index in [0.717, 1.165) is 38.4 Å². The maximum atomic E-state index is 12.5. The van der Waals surface area contributed by atoms with E-state index < -0.39 is 0 Å². The lowest BCUT2D eigenvalue weighted by Gasteiger charge is -2.33. The van der Waals surface area contributed by atoms with Crippen molar-refractivity contribution in [3.05, 3.63) is 47.4 Å². The van der Waals surface area contributed by atoms with Gasteiger partial charge < -0.3 is 15.1 Å². The number of hydrogen-bond acceptors (Lipinski definition) is 5. The van der Waals surface area contributed by atoms with Crippen LogP contribution in [0.25, 0.3) is 0 Å². The van der Waals surface area contributed by atoms with E-state index in [1.165, 1.54) is 6.20 Å². The molecule has 3 rings (SSSR count). The van der Waals surface area contributed by atoms with E-state index in [4.69, 9.17) is 11.6 Å². The molecule has 0 spiro atoms. The fourth-order valence-corrected chi connectivity index (χ4v) is 2.84. The second-order valence-electron chi connectivity index (χ2n) is 5.65. The molecule has 0 atom stereocenters. The van der Waals surface area contributed by atoms with Crippen LogP contribution in [0.15, 0.2) is 36.7 Å². The molecule has 1 fully saturated rings. The Balaban J connectivity index is 1.63. The van der Waals surface area contributed by atoms with Crippen molar-refractivity contribution in [1.82, 2.24) is 19.8 Å². The van der Waals surface area contributed by atoms with Gasteiger partial charge in [0.25, 0.3) is 5.91 Å². The number of aromatic nitrogens is 2. The molecule has 1 aliphatic heterocycles. The van der Waals surface area contributed by atoms with Gasteiger partial charge in [0.15, 0.2) is 0 Å². The Kier molecular flexibility index (Phi) is 5.27. The molecule has 7 heteroatoms. The van der Waals surface area contributed by atoms with Crippen molar-refractivity contribution in [3.8, 4) is 0 Å². The van der Waals surface area contributed by atoms with E-state index in [0.29, 0.717) is 16.5 Å². The smallest absolute Gasteiger partial charge is 0.274 e. The third-order valence-corrected chi connectivity index (χ3v) is 4.31. The summed E-state index contributed by atoms with van der Waals surface area (Å²) in [4.78, 5) is 25.2. The zero-order chi connectivity index (χ0) is 16.9. The van der Waals surface area contributed by atoms with Crippen LogP contribution in [-0.4, -0.2) is 58.4 Å². The Hall–Kier alpha value is -2.18. The van der Waals surface area contributed by atoms with E-state index in [9.17, 15) is 4.79 Å². The second kappa shape index (κ2) is 7.59. The quantitative estimate of drug-likeness (QED) is 0.923. The Bertz CT molecular complexity index is 698. The summed E-state index contributed by atoms with van der Waals surface area (Å²) in [5, 5.41) is 3.76. The summed E-state index contributed by atoms with van der Waals surface area (Å²) in [6.07, 6.45) is 3.08. The van der Waals surface area contributed by atoms with E-state index in [2.05, 4.69) is 27.1 Å². The molecule has 24 heavy (non-hydrogen) atoms. The molecule has 1 amide bonds. The first kappa shape index (κ1) is 16.7. The topological polar surface area (TPSA) is 61.4 Å². The van der Waals surface area contributed by atoms with Crippen molar-refractivity contribution < 1.29 is 4.79 Å². The maximum absolute atomic E-state index is 12.5. The summed E-state index contributed by atoms with van der Waals surface area (Å²) in [5.41, 5.74) is 1.20. The number of halogens is 1. The predicted octanol–water partition coefficient (Wildman–Crippen LogP) is 2.65. The van der Waals surface area contributed by atoms with Gasteiger partial charge >= 0.3 is 0 Å². The molecular formula is C17H20ClN5O. The molecule has 0 saturated carbocycles. The van der Waals surface area contributed by atoms with Gasteiger partial charge in [-0.05, 0) is 24.7 Å². The number of carbonyl (C=O) groups excluding carboxylic acids is 1. The molecule has 1 aliphatic rings. The summed E-state index contributed by atoms with van der Waals surface area (Å²) >= 11 is 5.95. The van der Waals surface area contributed by atoms with Crippen LogP contribution in [0.4, 0.5) is 11.5 Å². The molecule has 1 saturated heterocycles. The molecule has 1 aromatic carbocycles. The number of carbonyl (C=O) groups is 1. The molecule has 1 N–H and O–H groups in total. The highest BCUT2D eigenvalue weighted by Crippen LogP contribution is 2.18. The summed E-state index contributed by atoms with van der Waals surface area (Å²) < 4.78 is 0. The van der Waals surface area contributed by atoms with E-state index >= 15 is 0 Å². The Morgan fingerprint density at radius 1 is 1.21 bits per heavy atom. The lowest BCUT2D eigenvalue weighted by Crippen LogP contribution is -2.48. The van der Waals surface area contributed by atoms with Crippen LogP contribution in [0, 0.1) is 0 Å². The molecule has 6 nitrogen and oxygen atoms in total. The van der Waals surface area contributed by atoms with Gasteiger partial charge in [-0.15, -0.1) is 0 Å². The molecule has 0 bridgehead atoms. The predicted molar refractivity (Wildman–Crippen MR) is 94.8 cm³/mol. The first-order valence-electron chi connectivity index (χ1n) is 8.02. The third-order valence-electron chi connectivity index (χ3n) is 4.07. The monoisotopic (exact) mass is 345 g/mol. The second-order valence-corrected chi connectivity index (χ2v) is 6.09. The number of anilines is 2. The average Bonchev–Trinajstić information content (AvgIpc) is 2.62. The van der Waals surface area contributed by atoms with E-state index in [1.54, 1.807) is 18.3 Å². The van der Waals surface area contributed by atoms with Gasteiger partial charge in [-0.1, -0.05) is 24.6 Å². The fourth-order valence-electron chi connectivity index (χ4n) is 2.65. The Morgan fingerprint density at radius 3 is 2.62 bits per heavy atom. The van der Waals surface area contributed by atoms with Gasteiger partial charge in [0.1, 0.15) is 11.5 Å². The fraction of sp³-hybridized carbons (Fsp3) is 0.353. The molecule has 2 aromatic rings. The maximum Gasteiger partial charge on any atom is 0.274 e. The van der Waals surface area contributed by atoms with Crippen LogP contribution >= 0.6 is 11.6 Å². The molecule has 0 unspecified atom stereocenters. The molecule has 0 aliphatic carbocycles. The number of amides is 1. The Morgan fingerprint density at radius 2 is 2.00 bits per heavy atom. The Labute approximate surface area is 146 Å². The summed E-state index contributed by atoms with van der Waals surface area (Å²) in [6, 6.07) is 7.35. The molecular weight excluding hydrogens is 326 g/mol. The van der Waals surface area contributed by atoms with Crippen molar-refractivity contribution in [1.29, 1.82) is 0 Å². The van der Waals surface area contributed by atoms with Crippen LogP contribution in [0.2, 0.25) is 5.02 Å². The largest absolute Gasteiger partial charge is 0.339 e. The van der Waals surface area contributed by atoms with Crippen LogP contribution in [0.3, 0.4) is 0 Å². The van der Waals surface area contributed by atoms with Crippen molar-refractivity contribution in [2.45, 2.75) is 6.92 Å². The molecule has 0 radical (unpaired) electrons. The number of hydrogen-bond donors (Lipinski definition) is 1. The van der Waals surface area contributed by atoms with Gasteiger partial charge in [-0.2, -0.15) is 0 Å². The summed E-state index contributed by atoms with van der Waals surface area (Å²) in [7, 11) is 0. The standard InChI is InChI=1S/C17H20ClN5O/c1-2-22-6-8-23(9-7-22)17(24)15-11-20-16(12-19-15)21-14-5-3-4-13(18)10-14/h3-5,10-12H,2,6-9H2,1H3,(H,20,21). The number of nitrogens with zero attached hydrogens (tertiary/aromatic N) is 4. The number of likely N-dealkylation sites (N-methyl/N-ethyl adjacent to an activating group) is 1. The lowest BCUT2D eigenvalue weighted by atomic mass is 10.3. The minimum atomic E-state index is -0.0624. The lowest BCUT2D eigenvalue weighted by molar-refractivity contribution is 0.0637. The van der Waals surface area contributed by atoms with Crippen LogP contribution < -0.4 is 5.32 Å². The average molecular weight is 346 g/mol. The van der Waals surface area contributed by atoms with Gasteiger partial charge in [0.05, 0.1) is 12.4 Å². The number of benzene rings is 1. The minimum Gasteiger partial charge on any atom is -0.339 e. The SMILES string of the molecule is CCN1CCN(C(=O)c2cnc(Nc3cccc(Cl)c3)cn2)CC1. The number of rotatable bonds is 4. The zero-order valence-electron chi connectivity index (χ0n) is 13.6. The highest BCUT2D eigenvalue weighted by Gasteiger charge is 2.22. The highest BCUT2D eigenvalue weighted by molar-refractivity contribution is 6.30. The zero-order valence-corrected chi connectivity index (χ0v) is 14.3.